The molecule has 14 heavy (non-hydrogen) atoms. The molecule has 0 saturated carbocycles. The van der Waals surface area contributed by atoms with Crippen LogP contribution in [0.25, 0.3) is 0 Å². The molecule has 4 heteroatoms. The van der Waals surface area contributed by atoms with Crippen molar-refractivity contribution in [3.05, 3.63) is 29.8 Å². The van der Waals surface area contributed by atoms with E-state index in [1.54, 1.807) is 6.20 Å². The van der Waals surface area contributed by atoms with Gasteiger partial charge in [-0.2, -0.15) is 0 Å². The molecular formula is C10H13FN2O. The third-order valence-corrected chi connectivity index (χ3v) is 2.66. The van der Waals surface area contributed by atoms with Gasteiger partial charge in [-0.1, -0.05) is 0 Å². The van der Waals surface area contributed by atoms with E-state index in [0.29, 0.717) is 13.2 Å². The van der Waals surface area contributed by atoms with Gasteiger partial charge in [0, 0.05) is 24.9 Å². The number of rotatable bonds is 1. The molecule has 1 aliphatic rings. The van der Waals surface area contributed by atoms with E-state index in [9.17, 15) is 4.39 Å². The van der Waals surface area contributed by atoms with Gasteiger partial charge in [0.25, 0.3) is 0 Å². The number of pyridine rings is 1. The molecule has 2 N–H and O–H groups in total. The normalized spacial score (nSPS) is 20.7. The lowest BCUT2D eigenvalue weighted by molar-refractivity contribution is 0.0520. The predicted octanol–water partition coefficient (Wildman–Crippen LogP) is 1.19. The minimum atomic E-state index is -0.465. The Morgan fingerprint density at radius 1 is 1.36 bits per heavy atom. The Balaban J connectivity index is 2.28. The molecule has 3 nitrogen and oxygen atoms in total. The standard InChI is InChI=1S/C10H13FN2O/c11-9-5-8(6-13-7-9)10(12)1-3-14-4-2-10/h5-7H,1-4,12H2. The van der Waals surface area contributed by atoms with E-state index in [4.69, 9.17) is 10.5 Å². The summed E-state index contributed by atoms with van der Waals surface area (Å²) in [5.74, 6) is -0.334. The lowest BCUT2D eigenvalue weighted by Crippen LogP contribution is -2.42. The van der Waals surface area contributed by atoms with Crippen LogP contribution in [-0.2, 0) is 10.3 Å². The summed E-state index contributed by atoms with van der Waals surface area (Å²) in [6.45, 7) is 1.26. The number of hydrogen-bond acceptors (Lipinski definition) is 3. The van der Waals surface area contributed by atoms with Gasteiger partial charge in [0.15, 0.2) is 0 Å². The van der Waals surface area contributed by atoms with Crippen molar-refractivity contribution in [1.29, 1.82) is 0 Å². The van der Waals surface area contributed by atoms with Crippen LogP contribution >= 0.6 is 0 Å². The topological polar surface area (TPSA) is 48.1 Å². The number of aromatic nitrogens is 1. The third kappa shape index (κ3) is 1.76. The molecule has 76 valence electrons. The summed E-state index contributed by atoms with van der Waals surface area (Å²) in [5, 5.41) is 0. The van der Waals surface area contributed by atoms with Crippen LogP contribution in [0, 0.1) is 5.82 Å². The predicted molar refractivity (Wildman–Crippen MR) is 50.1 cm³/mol. The smallest absolute Gasteiger partial charge is 0.141 e. The van der Waals surface area contributed by atoms with Crippen molar-refractivity contribution >= 4 is 0 Å². The molecule has 1 aromatic rings. The van der Waals surface area contributed by atoms with Crippen molar-refractivity contribution in [3.8, 4) is 0 Å². The summed E-state index contributed by atoms with van der Waals surface area (Å²) in [6, 6.07) is 1.46. The van der Waals surface area contributed by atoms with E-state index in [-0.39, 0.29) is 5.82 Å². The second-order valence-corrected chi connectivity index (χ2v) is 3.66. The van der Waals surface area contributed by atoms with Gasteiger partial charge in [-0.05, 0) is 24.5 Å². The van der Waals surface area contributed by atoms with Crippen LogP contribution in [0.3, 0.4) is 0 Å². The Labute approximate surface area is 82.1 Å². The molecule has 2 heterocycles. The van der Waals surface area contributed by atoms with Crippen molar-refractivity contribution in [1.82, 2.24) is 4.98 Å². The number of nitrogens with zero attached hydrogens (tertiary/aromatic N) is 1. The van der Waals surface area contributed by atoms with Crippen molar-refractivity contribution in [2.75, 3.05) is 13.2 Å². The summed E-state index contributed by atoms with van der Waals surface area (Å²) in [7, 11) is 0. The van der Waals surface area contributed by atoms with Gasteiger partial charge in [-0.3, -0.25) is 4.98 Å². The van der Waals surface area contributed by atoms with Crippen molar-refractivity contribution in [2.24, 2.45) is 5.73 Å². The Morgan fingerprint density at radius 2 is 2.07 bits per heavy atom. The fraction of sp³-hybridized carbons (Fsp3) is 0.500. The molecule has 1 aromatic heterocycles. The highest BCUT2D eigenvalue weighted by Gasteiger charge is 2.30. The summed E-state index contributed by atoms with van der Waals surface area (Å²) in [6.07, 6.45) is 4.26. The minimum Gasteiger partial charge on any atom is -0.381 e. The fourth-order valence-corrected chi connectivity index (χ4v) is 1.71. The maximum Gasteiger partial charge on any atom is 0.141 e. The molecule has 0 atom stereocenters. The van der Waals surface area contributed by atoms with Gasteiger partial charge < -0.3 is 10.5 Å². The highest BCUT2D eigenvalue weighted by Crippen LogP contribution is 2.28. The molecule has 0 unspecified atom stereocenters. The minimum absolute atomic E-state index is 0.334. The monoisotopic (exact) mass is 196 g/mol. The quantitative estimate of drug-likeness (QED) is 0.733. The van der Waals surface area contributed by atoms with Gasteiger partial charge in [0.2, 0.25) is 0 Å². The zero-order valence-electron chi connectivity index (χ0n) is 7.87. The first-order valence-electron chi connectivity index (χ1n) is 4.68. The largest absolute Gasteiger partial charge is 0.381 e. The van der Waals surface area contributed by atoms with E-state index < -0.39 is 5.54 Å². The first-order chi connectivity index (χ1) is 6.71. The average Bonchev–Trinajstić information content (AvgIpc) is 2.19. The molecule has 0 aromatic carbocycles. The lowest BCUT2D eigenvalue weighted by Gasteiger charge is -2.33. The highest BCUT2D eigenvalue weighted by atomic mass is 19.1. The summed E-state index contributed by atoms with van der Waals surface area (Å²) >= 11 is 0. The molecule has 2 rings (SSSR count). The third-order valence-electron chi connectivity index (χ3n) is 2.66. The fourth-order valence-electron chi connectivity index (χ4n) is 1.71. The summed E-state index contributed by atoms with van der Waals surface area (Å²) in [5.41, 5.74) is 6.46. The molecule has 1 saturated heterocycles. The van der Waals surface area contributed by atoms with Crippen LogP contribution in [0.2, 0.25) is 0 Å². The first-order valence-corrected chi connectivity index (χ1v) is 4.68. The maximum atomic E-state index is 12.9. The van der Waals surface area contributed by atoms with Crippen LogP contribution in [0.5, 0.6) is 0 Å². The van der Waals surface area contributed by atoms with Gasteiger partial charge in [-0.15, -0.1) is 0 Å². The zero-order valence-corrected chi connectivity index (χ0v) is 7.87. The molecule has 1 aliphatic heterocycles. The van der Waals surface area contributed by atoms with E-state index in [1.807, 2.05) is 0 Å². The molecule has 0 aliphatic carbocycles. The van der Waals surface area contributed by atoms with Crippen molar-refractivity contribution in [3.63, 3.8) is 0 Å². The van der Waals surface area contributed by atoms with E-state index in [2.05, 4.69) is 4.98 Å². The summed E-state index contributed by atoms with van der Waals surface area (Å²) < 4.78 is 18.2. The van der Waals surface area contributed by atoms with Crippen LogP contribution in [0.15, 0.2) is 18.5 Å². The van der Waals surface area contributed by atoms with Gasteiger partial charge >= 0.3 is 0 Å². The van der Waals surface area contributed by atoms with Crippen molar-refractivity contribution in [2.45, 2.75) is 18.4 Å². The first kappa shape index (κ1) is 9.55. The van der Waals surface area contributed by atoms with E-state index in [1.165, 1.54) is 12.3 Å². The van der Waals surface area contributed by atoms with Gasteiger partial charge in [-0.25, -0.2) is 4.39 Å². The second kappa shape index (κ2) is 3.63. The van der Waals surface area contributed by atoms with Crippen molar-refractivity contribution < 1.29 is 9.13 Å². The second-order valence-electron chi connectivity index (χ2n) is 3.66. The Kier molecular flexibility index (Phi) is 2.48. The Bertz CT molecular complexity index is 324. The van der Waals surface area contributed by atoms with Crippen LogP contribution in [0.1, 0.15) is 18.4 Å². The van der Waals surface area contributed by atoms with Gasteiger partial charge in [0.05, 0.1) is 6.20 Å². The van der Waals surface area contributed by atoms with Crippen LogP contribution in [-0.4, -0.2) is 18.2 Å². The van der Waals surface area contributed by atoms with E-state index >= 15 is 0 Å². The molecule has 0 radical (unpaired) electrons. The number of halogens is 1. The van der Waals surface area contributed by atoms with Gasteiger partial charge in [0.1, 0.15) is 5.82 Å². The zero-order chi connectivity index (χ0) is 10.0. The molecular weight excluding hydrogens is 183 g/mol. The Hall–Kier alpha value is -1.00. The molecule has 0 amide bonds. The number of ether oxygens (including phenoxy) is 1. The Morgan fingerprint density at radius 3 is 2.71 bits per heavy atom. The summed E-state index contributed by atoms with van der Waals surface area (Å²) in [4.78, 5) is 3.81. The molecule has 0 spiro atoms. The SMILES string of the molecule is NC1(c2cncc(F)c2)CCOCC1. The number of hydrogen-bond donors (Lipinski definition) is 1. The number of nitrogens with two attached hydrogens (primary N) is 1. The van der Waals surface area contributed by atoms with Crippen LogP contribution in [0.4, 0.5) is 4.39 Å². The van der Waals surface area contributed by atoms with Crippen LogP contribution < -0.4 is 5.73 Å². The van der Waals surface area contributed by atoms with E-state index in [0.717, 1.165) is 18.4 Å². The maximum absolute atomic E-state index is 12.9. The average molecular weight is 196 g/mol. The lowest BCUT2D eigenvalue weighted by atomic mass is 9.85. The molecule has 0 bridgehead atoms. The highest BCUT2D eigenvalue weighted by molar-refractivity contribution is 5.21. The molecule has 1 fully saturated rings.